The SMILES string of the molecule is Cc1cc([N+](=O)[O-])nn1C[C@@H](C)C(=O)NN. The smallest absolute Gasteiger partial charge is 0.358 e. The molecular weight excluding hydrogens is 214 g/mol. The fraction of sp³-hybridized carbons (Fsp3) is 0.500. The number of carbonyl (C=O) groups is 1. The number of aryl methyl sites for hydroxylation is 1. The molecule has 1 rings (SSSR count). The predicted octanol–water partition coefficient (Wildman–Crippen LogP) is -0.274. The largest absolute Gasteiger partial charge is 0.390 e. The van der Waals surface area contributed by atoms with Crippen molar-refractivity contribution >= 4 is 11.7 Å². The highest BCUT2D eigenvalue weighted by molar-refractivity contribution is 5.77. The quantitative estimate of drug-likeness (QED) is 0.318. The number of hydrazine groups is 1. The molecule has 0 aliphatic carbocycles. The minimum absolute atomic E-state index is 0.224. The molecule has 0 spiro atoms. The number of nitrogens with one attached hydrogen (secondary N) is 1. The van der Waals surface area contributed by atoms with Crippen molar-refractivity contribution in [3.8, 4) is 0 Å². The van der Waals surface area contributed by atoms with Gasteiger partial charge in [0.25, 0.3) is 0 Å². The van der Waals surface area contributed by atoms with E-state index in [-0.39, 0.29) is 18.3 Å². The first-order chi connectivity index (χ1) is 7.45. The van der Waals surface area contributed by atoms with Crippen LogP contribution in [0, 0.1) is 23.0 Å². The Labute approximate surface area is 91.5 Å². The van der Waals surface area contributed by atoms with Crippen molar-refractivity contribution in [1.82, 2.24) is 15.2 Å². The lowest BCUT2D eigenvalue weighted by Gasteiger charge is -2.07. The van der Waals surface area contributed by atoms with Crippen molar-refractivity contribution in [2.24, 2.45) is 11.8 Å². The van der Waals surface area contributed by atoms with E-state index in [9.17, 15) is 14.9 Å². The van der Waals surface area contributed by atoms with Gasteiger partial charge in [-0.05, 0) is 11.8 Å². The third kappa shape index (κ3) is 2.54. The van der Waals surface area contributed by atoms with Crippen LogP contribution in [0.1, 0.15) is 12.6 Å². The van der Waals surface area contributed by atoms with Crippen LogP contribution in [0.25, 0.3) is 0 Å². The highest BCUT2D eigenvalue weighted by Crippen LogP contribution is 2.12. The molecule has 8 nitrogen and oxygen atoms in total. The van der Waals surface area contributed by atoms with E-state index in [1.54, 1.807) is 13.8 Å². The molecule has 0 bridgehead atoms. The Hall–Kier alpha value is -1.96. The van der Waals surface area contributed by atoms with Crippen LogP contribution in [0.15, 0.2) is 6.07 Å². The second kappa shape index (κ2) is 4.71. The molecule has 3 N–H and O–H groups in total. The molecule has 8 heteroatoms. The number of aromatic nitrogens is 2. The molecule has 88 valence electrons. The van der Waals surface area contributed by atoms with Gasteiger partial charge in [-0.15, -0.1) is 0 Å². The van der Waals surface area contributed by atoms with E-state index in [0.717, 1.165) is 0 Å². The number of nitro groups is 1. The number of amides is 1. The van der Waals surface area contributed by atoms with Gasteiger partial charge in [0.1, 0.15) is 0 Å². The summed E-state index contributed by atoms with van der Waals surface area (Å²) in [5.41, 5.74) is 2.65. The zero-order valence-corrected chi connectivity index (χ0v) is 9.01. The maximum Gasteiger partial charge on any atom is 0.390 e. The van der Waals surface area contributed by atoms with E-state index >= 15 is 0 Å². The number of rotatable bonds is 4. The number of hydrogen-bond acceptors (Lipinski definition) is 5. The van der Waals surface area contributed by atoms with E-state index in [0.29, 0.717) is 5.69 Å². The van der Waals surface area contributed by atoms with Gasteiger partial charge in [0.05, 0.1) is 29.3 Å². The van der Waals surface area contributed by atoms with Crippen molar-refractivity contribution in [2.45, 2.75) is 20.4 Å². The molecule has 0 saturated carbocycles. The van der Waals surface area contributed by atoms with Gasteiger partial charge in [-0.1, -0.05) is 6.92 Å². The highest BCUT2D eigenvalue weighted by Gasteiger charge is 2.19. The Kier molecular flexibility index (Phi) is 3.56. The lowest BCUT2D eigenvalue weighted by atomic mass is 10.2. The summed E-state index contributed by atoms with van der Waals surface area (Å²) in [5.74, 6) is 4.02. The van der Waals surface area contributed by atoms with Crippen LogP contribution in [0.2, 0.25) is 0 Å². The Morgan fingerprint density at radius 3 is 2.88 bits per heavy atom. The van der Waals surface area contributed by atoms with E-state index in [1.165, 1.54) is 10.7 Å². The summed E-state index contributed by atoms with van der Waals surface area (Å²) in [6, 6.07) is 1.35. The van der Waals surface area contributed by atoms with Crippen LogP contribution in [-0.2, 0) is 11.3 Å². The molecule has 0 saturated heterocycles. The first-order valence-corrected chi connectivity index (χ1v) is 4.65. The van der Waals surface area contributed by atoms with Crippen molar-refractivity contribution in [3.63, 3.8) is 0 Å². The van der Waals surface area contributed by atoms with Crippen molar-refractivity contribution in [1.29, 1.82) is 0 Å². The third-order valence-corrected chi connectivity index (χ3v) is 2.19. The molecular formula is C8H13N5O3. The van der Waals surface area contributed by atoms with Crippen LogP contribution in [0.3, 0.4) is 0 Å². The Morgan fingerprint density at radius 1 is 1.81 bits per heavy atom. The van der Waals surface area contributed by atoms with Gasteiger partial charge in [0.2, 0.25) is 5.91 Å². The summed E-state index contributed by atoms with van der Waals surface area (Å²) in [5, 5.41) is 14.2. The Balaban J connectivity index is 2.81. The first-order valence-electron chi connectivity index (χ1n) is 4.65. The maximum absolute atomic E-state index is 11.2. The molecule has 1 amide bonds. The second-order valence-corrected chi connectivity index (χ2v) is 3.49. The topological polar surface area (TPSA) is 116 Å². The summed E-state index contributed by atoms with van der Waals surface area (Å²) in [4.78, 5) is 21.1. The zero-order chi connectivity index (χ0) is 12.3. The molecule has 1 aromatic heterocycles. The second-order valence-electron chi connectivity index (χ2n) is 3.49. The fourth-order valence-electron chi connectivity index (χ4n) is 1.25. The van der Waals surface area contributed by atoms with Crippen LogP contribution in [0.4, 0.5) is 5.82 Å². The molecule has 1 heterocycles. The average Bonchev–Trinajstić information content (AvgIpc) is 2.59. The average molecular weight is 227 g/mol. The van der Waals surface area contributed by atoms with Crippen LogP contribution in [-0.4, -0.2) is 20.6 Å². The molecule has 1 atom stereocenters. The van der Waals surface area contributed by atoms with Gasteiger partial charge in [0, 0.05) is 0 Å². The lowest BCUT2D eigenvalue weighted by molar-refractivity contribution is -0.389. The van der Waals surface area contributed by atoms with E-state index in [2.05, 4.69) is 5.10 Å². The van der Waals surface area contributed by atoms with E-state index in [1.807, 2.05) is 5.43 Å². The lowest BCUT2D eigenvalue weighted by Crippen LogP contribution is -2.36. The summed E-state index contributed by atoms with van der Waals surface area (Å²) < 4.78 is 1.41. The number of carbonyl (C=O) groups excluding carboxylic acids is 1. The Bertz CT molecular complexity index is 414. The summed E-state index contributed by atoms with van der Waals surface area (Å²) in [6.07, 6.45) is 0. The summed E-state index contributed by atoms with van der Waals surface area (Å²) in [7, 11) is 0. The van der Waals surface area contributed by atoms with Crippen molar-refractivity contribution < 1.29 is 9.72 Å². The molecule has 16 heavy (non-hydrogen) atoms. The maximum atomic E-state index is 11.2. The number of nitrogens with two attached hydrogens (primary N) is 1. The highest BCUT2D eigenvalue weighted by atomic mass is 16.6. The predicted molar refractivity (Wildman–Crippen MR) is 55.1 cm³/mol. The molecule has 0 radical (unpaired) electrons. The normalized spacial score (nSPS) is 12.2. The van der Waals surface area contributed by atoms with Gasteiger partial charge < -0.3 is 10.1 Å². The van der Waals surface area contributed by atoms with Crippen LogP contribution >= 0.6 is 0 Å². The zero-order valence-electron chi connectivity index (χ0n) is 9.01. The van der Waals surface area contributed by atoms with Gasteiger partial charge in [-0.25, -0.2) is 5.84 Å². The summed E-state index contributed by atoms with van der Waals surface area (Å²) in [6.45, 7) is 3.60. The first kappa shape index (κ1) is 12.1. The van der Waals surface area contributed by atoms with Gasteiger partial charge in [-0.2, -0.15) is 4.68 Å². The monoisotopic (exact) mass is 227 g/mol. The Morgan fingerprint density at radius 2 is 2.44 bits per heavy atom. The van der Waals surface area contributed by atoms with Crippen LogP contribution < -0.4 is 11.3 Å². The minimum atomic E-state index is -0.572. The van der Waals surface area contributed by atoms with Gasteiger partial charge >= 0.3 is 5.82 Å². The molecule has 0 unspecified atom stereocenters. The molecule has 1 aromatic rings. The van der Waals surface area contributed by atoms with Crippen molar-refractivity contribution in [3.05, 3.63) is 21.9 Å². The molecule has 0 aliphatic heterocycles. The fourth-order valence-corrected chi connectivity index (χ4v) is 1.25. The van der Waals surface area contributed by atoms with Gasteiger partial charge in [0.15, 0.2) is 0 Å². The number of hydrogen-bond donors (Lipinski definition) is 2. The van der Waals surface area contributed by atoms with Gasteiger partial charge in [-0.3, -0.25) is 10.2 Å². The van der Waals surface area contributed by atoms with E-state index < -0.39 is 10.8 Å². The standard InChI is InChI=1S/C8H13N5O3/c1-5(8(14)10-9)4-12-6(2)3-7(11-12)13(15)16/h3,5H,4,9H2,1-2H3,(H,10,14)/t5-/m1/s1. The summed E-state index contributed by atoms with van der Waals surface area (Å²) >= 11 is 0. The third-order valence-electron chi connectivity index (χ3n) is 2.19. The van der Waals surface area contributed by atoms with Crippen LogP contribution in [0.5, 0.6) is 0 Å². The van der Waals surface area contributed by atoms with Crippen molar-refractivity contribution in [2.75, 3.05) is 0 Å². The minimum Gasteiger partial charge on any atom is -0.358 e. The van der Waals surface area contributed by atoms with E-state index in [4.69, 9.17) is 5.84 Å². The molecule has 0 aliphatic rings. The number of nitrogens with zero attached hydrogens (tertiary/aromatic N) is 3. The molecule has 0 fully saturated rings. The molecule has 0 aromatic carbocycles.